The van der Waals surface area contributed by atoms with Crippen LogP contribution in [0.25, 0.3) is 0 Å². The van der Waals surface area contributed by atoms with Crippen LogP contribution in [0.2, 0.25) is 0 Å². The molecule has 7 nitrogen and oxygen atoms in total. The highest BCUT2D eigenvalue weighted by Crippen LogP contribution is 2.41. The minimum absolute atomic E-state index is 0.0703. The first-order valence-corrected chi connectivity index (χ1v) is 13.4. The smallest absolute Gasteiger partial charge is 0.408 e. The number of carbonyl (C=O) groups is 3. The molecule has 1 aliphatic rings. The molecule has 2 aromatic rings. The van der Waals surface area contributed by atoms with Crippen LogP contribution in [0.1, 0.15) is 62.4 Å². The van der Waals surface area contributed by atoms with Gasteiger partial charge in [0.2, 0.25) is 11.8 Å². The second-order valence-corrected chi connectivity index (χ2v) is 11.2. The number of hydrogen-bond donors (Lipinski definition) is 3. The molecule has 4 atom stereocenters. The molecule has 0 aliphatic heterocycles. The van der Waals surface area contributed by atoms with Crippen LogP contribution in [0.3, 0.4) is 0 Å². The monoisotopic (exact) mass is 525 g/mol. The van der Waals surface area contributed by atoms with E-state index in [1.807, 2.05) is 62.4 Å². The molecule has 3 amide bonds. The zero-order valence-electron chi connectivity index (χ0n) is 22.6. The number of thiol groups is 1. The molecule has 3 rings (SSSR count). The fourth-order valence-electron chi connectivity index (χ4n) is 4.36. The van der Waals surface area contributed by atoms with E-state index in [2.05, 4.69) is 30.2 Å². The zero-order chi connectivity index (χ0) is 27.3. The molecular weight excluding hydrogens is 486 g/mol. The standard InChI is InChI=1S/C29H39N3O4S/c1-18-11-10-14-22(20(18)3)25(26(33)30-16-21-12-8-7-9-13-21)32(24-15-19(24)2)27(34)23(17-37)31-28(35)36-29(4,5)6/h7-14,19,23-25,37H,15-17H2,1-6H3,(H,30,33)(H,31,35). The second kappa shape index (κ2) is 12.0. The molecule has 1 fully saturated rings. The maximum absolute atomic E-state index is 14.0. The first-order valence-electron chi connectivity index (χ1n) is 12.7. The predicted octanol–water partition coefficient (Wildman–Crippen LogP) is 4.72. The number of aryl methyl sites for hydroxylation is 1. The van der Waals surface area contributed by atoms with Gasteiger partial charge in [-0.3, -0.25) is 9.59 Å². The molecule has 37 heavy (non-hydrogen) atoms. The van der Waals surface area contributed by atoms with Crippen molar-refractivity contribution in [2.45, 2.75) is 78.2 Å². The van der Waals surface area contributed by atoms with Gasteiger partial charge in [-0.25, -0.2) is 4.79 Å². The van der Waals surface area contributed by atoms with Crippen LogP contribution in [0.4, 0.5) is 4.79 Å². The van der Waals surface area contributed by atoms with Crippen LogP contribution in [0, 0.1) is 19.8 Å². The van der Waals surface area contributed by atoms with E-state index in [4.69, 9.17) is 4.74 Å². The van der Waals surface area contributed by atoms with Crippen molar-refractivity contribution in [3.05, 3.63) is 70.8 Å². The summed E-state index contributed by atoms with van der Waals surface area (Å²) in [4.78, 5) is 42.0. The SMILES string of the molecule is Cc1cccc(C(C(=O)NCc2ccccc2)N(C(=O)C(CS)NC(=O)OC(C)(C)C)C2CC2C)c1C. The third kappa shape index (κ3) is 7.51. The van der Waals surface area contributed by atoms with Gasteiger partial charge < -0.3 is 20.3 Å². The molecule has 8 heteroatoms. The zero-order valence-corrected chi connectivity index (χ0v) is 23.5. The molecule has 0 spiro atoms. The maximum Gasteiger partial charge on any atom is 0.408 e. The summed E-state index contributed by atoms with van der Waals surface area (Å²) in [7, 11) is 0. The quantitative estimate of drug-likeness (QED) is 0.414. The molecule has 4 unspecified atom stereocenters. The summed E-state index contributed by atoms with van der Waals surface area (Å²) in [6, 6.07) is 13.5. The average molecular weight is 526 g/mol. The molecule has 2 aromatic carbocycles. The topological polar surface area (TPSA) is 87.7 Å². The van der Waals surface area contributed by atoms with Crippen molar-refractivity contribution < 1.29 is 19.1 Å². The van der Waals surface area contributed by atoms with E-state index in [1.54, 1.807) is 25.7 Å². The van der Waals surface area contributed by atoms with Crippen molar-refractivity contribution in [1.82, 2.24) is 15.5 Å². The summed E-state index contributed by atoms with van der Waals surface area (Å²) in [6.07, 6.45) is 0.0886. The number of nitrogens with zero attached hydrogens (tertiary/aromatic N) is 1. The number of carbonyl (C=O) groups excluding carboxylic acids is 3. The molecule has 0 bridgehead atoms. The predicted molar refractivity (Wildman–Crippen MR) is 148 cm³/mol. The summed E-state index contributed by atoms with van der Waals surface area (Å²) in [6.45, 7) is 11.6. The summed E-state index contributed by atoms with van der Waals surface area (Å²) >= 11 is 4.36. The third-order valence-corrected chi connectivity index (χ3v) is 6.99. The molecule has 0 saturated heterocycles. The lowest BCUT2D eigenvalue weighted by Crippen LogP contribution is -2.54. The van der Waals surface area contributed by atoms with Gasteiger partial charge in [-0.1, -0.05) is 55.5 Å². The molecule has 1 aliphatic carbocycles. The number of amides is 3. The minimum Gasteiger partial charge on any atom is -0.444 e. The summed E-state index contributed by atoms with van der Waals surface area (Å²) in [5.41, 5.74) is 3.02. The van der Waals surface area contributed by atoms with Gasteiger partial charge in [-0.05, 0) is 69.2 Å². The van der Waals surface area contributed by atoms with Gasteiger partial charge >= 0.3 is 6.09 Å². The summed E-state index contributed by atoms with van der Waals surface area (Å²) < 4.78 is 5.38. The normalized spacial score (nSPS) is 18.4. The van der Waals surface area contributed by atoms with E-state index in [9.17, 15) is 14.4 Å². The lowest BCUT2D eigenvalue weighted by molar-refractivity contribution is -0.143. The van der Waals surface area contributed by atoms with Crippen LogP contribution in [0.5, 0.6) is 0 Å². The Morgan fingerprint density at radius 1 is 1.08 bits per heavy atom. The van der Waals surface area contributed by atoms with Crippen molar-refractivity contribution in [2.24, 2.45) is 5.92 Å². The maximum atomic E-state index is 14.0. The van der Waals surface area contributed by atoms with Crippen molar-refractivity contribution in [3.8, 4) is 0 Å². The number of alkyl carbamates (subject to hydrolysis) is 1. The van der Waals surface area contributed by atoms with Gasteiger partial charge in [0.15, 0.2) is 0 Å². The van der Waals surface area contributed by atoms with E-state index < -0.39 is 23.8 Å². The van der Waals surface area contributed by atoms with E-state index >= 15 is 0 Å². The Morgan fingerprint density at radius 2 is 1.73 bits per heavy atom. The van der Waals surface area contributed by atoms with Gasteiger partial charge in [-0.2, -0.15) is 12.6 Å². The van der Waals surface area contributed by atoms with Crippen LogP contribution < -0.4 is 10.6 Å². The van der Waals surface area contributed by atoms with E-state index in [1.165, 1.54) is 0 Å². The Kier molecular flexibility index (Phi) is 9.29. The van der Waals surface area contributed by atoms with Crippen LogP contribution >= 0.6 is 12.6 Å². The Bertz CT molecular complexity index is 1120. The van der Waals surface area contributed by atoms with Crippen LogP contribution in [-0.4, -0.2) is 46.2 Å². The van der Waals surface area contributed by atoms with Gasteiger partial charge in [0.1, 0.15) is 17.7 Å². The third-order valence-electron chi connectivity index (χ3n) is 6.63. The fraction of sp³-hybridized carbons (Fsp3) is 0.483. The van der Waals surface area contributed by atoms with Crippen LogP contribution in [0.15, 0.2) is 48.5 Å². The van der Waals surface area contributed by atoms with E-state index in [0.29, 0.717) is 6.54 Å². The Balaban J connectivity index is 1.97. The highest BCUT2D eigenvalue weighted by atomic mass is 32.1. The Labute approximate surface area is 225 Å². The number of ether oxygens (including phenoxy) is 1. The lowest BCUT2D eigenvalue weighted by atomic mass is 9.94. The number of benzene rings is 2. The highest BCUT2D eigenvalue weighted by molar-refractivity contribution is 7.80. The minimum atomic E-state index is -0.944. The molecular formula is C29H39N3O4S. The van der Waals surface area contributed by atoms with Crippen molar-refractivity contribution in [1.29, 1.82) is 0 Å². The average Bonchev–Trinajstić information content (AvgIpc) is 3.56. The molecule has 0 radical (unpaired) electrons. The van der Waals surface area contributed by atoms with E-state index in [-0.39, 0.29) is 29.5 Å². The molecule has 2 N–H and O–H groups in total. The molecule has 0 heterocycles. The van der Waals surface area contributed by atoms with Gasteiger partial charge in [0, 0.05) is 18.3 Å². The Morgan fingerprint density at radius 3 is 2.30 bits per heavy atom. The second-order valence-electron chi connectivity index (χ2n) is 10.8. The summed E-state index contributed by atoms with van der Waals surface area (Å²) in [5, 5.41) is 5.71. The lowest BCUT2D eigenvalue weighted by Gasteiger charge is -2.35. The van der Waals surface area contributed by atoms with Gasteiger partial charge in [-0.15, -0.1) is 0 Å². The van der Waals surface area contributed by atoms with Gasteiger partial charge in [0.05, 0.1) is 0 Å². The van der Waals surface area contributed by atoms with Crippen molar-refractivity contribution >= 4 is 30.5 Å². The summed E-state index contributed by atoms with van der Waals surface area (Å²) in [5.74, 6) is -0.308. The molecule has 1 saturated carbocycles. The van der Waals surface area contributed by atoms with Crippen molar-refractivity contribution in [2.75, 3.05) is 5.75 Å². The van der Waals surface area contributed by atoms with Crippen molar-refractivity contribution in [3.63, 3.8) is 0 Å². The highest BCUT2D eigenvalue weighted by Gasteiger charge is 2.48. The van der Waals surface area contributed by atoms with E-state index in [0.717, 1.165) is 28.7 Å². The molecule has 200 valence electrons. The fourth-order valence-corrected chi connectivity index (χ4v) is 4.60. The first-order chi connectivity index (χ1) is 17.4. The van der Waals surface area contributed by atoms with Crippen LogP contribution in [-0.2, 0) is 20.9 Å². The largest absolute Gasteiger partial charge is 0.444 e. The number of nitrogens with one attached hydrogen (secondary N) is 2. The molecule has 0 aromatic heterocycles. The first kappa shape index (κ1) is 28.6. The Hall–Kier alpha value is -3.00. The number of rotatable bonds is 9. The number of hydrogen-bond acceptors (Lipinski definition) is 5. The van der Waals surface area contributed by atoms with Gasteiger partial charge in [0.25, 0.3) is 0 Å².